The Morgan fingerprint density at radius 1 is 1.24 bits per heavy atom. The maximum absolute atomic E-state index is 12.8. The van der Waals surface area contributed by atoms with Gasteiger partial charge >= 0.3 is 0 Å². The Morgan fingerprint density at radius 2 is 2.03 bits per heavy atom. The quantitative estimate of drug-likeness (QED) is 0.763. The first-order valence-electron chi connectivity index (χ1n) is 9.93. The monoisotopic (exact) mass is 415 g/mol. The van der Waals surface area contributed by atoms with E-state index in [2.05, 4.69) is 5.32 Å². The molecule has 1 N–H and O–H groups in total. The summed E-state index contributed by atoms with van der Waals surface area (Å²) in [5.41, 5.74) is 2.65. The number of hydrogen-bond donors (Lipinski definition) is 1. The molecule has 2 atom stereocenters. The van der Waals surface area contributed by atoms with Gasteiger partial charge < -0.3 is 14.8 Å². The van der Waals surface area contributed by atoms with Gasteiger partial charge in [0.1, 0.15) is 18.1 Å². The summed E-state index contributed by atoms with van der Waals surface area (Å²) >= 11 is 0. The molecule has 1 aliphatic rings. The van der Waals surface area contributed by atoms with Crippen molar-refractivity contribution in [3.8, 4) is 11.5 Å². The van der Waals surface area contributed by atoms with Gasteiger partial charge in [0.15, 0.2) is 0 Å². The molecule has 6 heteroatoms. The topological polar surface area (TPSA) is 64.6 Å². The van der Waals surface area contributed by atoms with Gasteiger partial charge in [-0.2, -0.15) is 0 Å². The van der Waals surface area contributed by atoms with E-state index in [1.807, 2.05) is 70.2 Å². The molecule has 1 heterocycles. The predicted molar refractivity (Wildman–Crippen MR) is 117 cm³/mol. The van der Waals surface area contributed by atoms with E-state index in [4.69, 9.17) is 9.47 Å². The van der Waals surface area contributed by atoms with E-state index in [-0.39, 0.29) is 16.6 Å². The Kier molecular flexibility index (Phi) is 6.63. The summed E-state index contributed by atoms with van der Waals surface area (Å²) in [6.07, 6.45) is 0.607. The molecule has 0 bridgehead atoms. The second kappa shape index (κ2) is 8.99. The van der Waals surface area contributed by atoms with Crippen LogP contribution in [-0.2, 0) is 27.8 Å². The van der Waals surface area contributed by atoms with Crippen LogP contribution in [0.15, 0.2) is 42.5 Å². The third kappa shape index (κ3) is 5.60. The minimum Gasteiger partial charge on any atom is -0.494 e. The van der Waals surface area contributed by atoms with Crippen LogP contribution in [0.2, 0.25) is 0 Å². The molecule has 1 aliphatic heterocycles. The van der Waals surface area contributed by atoms with Crippen molar-refractivity contribution >= 4 is 22.4 Å². The molecule has 29 heavy (non-hydrogen) atoms. The average molecular weight is 416 g/mol. The van der Waals surface area contributed by atoms with E-state index in [1.54, 1.807) is 0 Å². The van der Waals surface area contributed by atoms with Gasteiger partial charge in [-0.1, -0.05) is 12.1 Å². The fourth-order valence-corrected chi connectivity index (χ4v) is 4.06. The number of fused-ring (bicyclic) bond motifs is 1. The molecule has 5 nitrogen and oxygen atoms in total. The van der Waals surface area contributed by atoms with Crippen molar-refractivity contribution in [1.82, 2.24) is 0 Å². The number of carbonyl (C=O) groups excluding carboxylic acids is 1. The van der Waals surface area contributed by atoms with Crippen LogP contribution < -0.4 is 14.8 Å². The minimum atomic E-state index is -0.987. The standard InChI is InChI=1S/C23H29NO4S/c1-5-27-20-9-10-21-17(13-20)12-18(14-28-21)22(25)24-19-8-6-7-16(11-19)15-29(26)23(2,3)4/h6-11,13,18H,5,12,14-15H2,1-4H3,(H,24,25). The number of ether oxygens (including phenoxy) is 2. The maximum Gasteiger partial charge on any atom is 0.231 e. The zero-order chi connectivity index (χ0) is 21.0. The summed E-state index contributed by atoms with van der Waals surface area (Å²) in [6, 6.07) is 13.3. The average Bonchev–Trinajstić information content (AvgIpc) is 2.67. The van der Waals surface area contributed by atoms with Crippen molar-refractivity contribution in [3.63, 3.8) is 0 Å². The molecule has 2 aromatic carbocycles. The summed E-state index contributed by atoms with van der Waals surface area (Å²) < 4.78 is 23.5. The lowest BCUT2D eigenvalue weighted by atomic mass is 9.95. The van der Waals surface area contributed by atoms with E-state index in [1.165, 1.54) is 0 Å². The first kappa shape index (κ1) is 21.4. The van der Waals surface area contributed by atoms with E-state index < -0.39 is 10.8 Å². The lowest BCUT2D eigenvalue weighted by Gasteiger charge is -2.25. The van der Waals surface area contributed by atoms with Crippen LogP contribution >= 0.6 is 0 Å². The van der Waals surface area contributed by atoms with Gasteiger partial charge in [0, 0.05) is 27.0 Å². The number of rotatable bonds is 6. The van der Waals surface area contributed by atoms with Crippen LogP contribution in [0.5, 0.6) is 11.5 Å². The molecule has 0 fully saturated rings. The fraction of sp³-hybridized carbons (Fsp3) is 0.435. The van der Waals surface area contributed by atoms with E-state index in [9.17, 15) is 9.00 Å². The molecule has 1 amide bonds. The maximum atomic E-state index is 12.8. The van der Waals surface area contributed by atoms with Gasteiger partial charge in [0.05, 0.1) is 12.5 Å². The number of hydrogen-bond acceptors (Lipinski definition) is 4. The van der Waals surface area contributed by atoms with E-state index >= 15 is 0 Å². The normalized spacial score (nSPS) is 17.0. The van der Waals surface area contributed by atoms with Gasteiger partial charge in [-0.25, -0.2) is 0 Å². The molecule has 3 rings (SSSR count). The number of nitrogens with one attached hydrogen (secondary N) is 1. The molecule has 156 valence electrons. The number of anilines is 1. The van der Waals surface area contributed by atoms with Gasteiger partial charge in [-0.3, -0.25) is 9.00 Å². The summed E-state index contributed by atoms with van der Waals surface area (Å²) in [7, 11) is -0.987. The Labute approximate surface area is 175 Å². The molecular weight excluding hydrogens is 386 g/mol. The molecule has 2 unspecified atom stereocenters. The van der Waals surface area contributed by atoms with Crippen molar-refractivity contribution in [1.29, 1.82) is 0 Å². The second-order valence-electron chi connectivity index (χ2n) is 8.21. The summed E-state index contributed by atoms with van der Waals surface area (Å²) in [6.45, 7) is 8.78. The van der Waals surface area contributed by atoms with Crippen LogP contribution in [0.3, 0.4) is 0 Å². The second-order valence-corrected chi connectivity index (χ2v) is 10.4. The first-order chi connectivity index (χ1) is 13.8. The van der Waals surface area contributed by atoms with Gasteiger partial charge in [-0.15, -0.1) is 0 Å². The molecule has 0 saturated carbocycles. The zero-order valence-electron chi connectivity index (χ0n) is 17.5. The summed E-state index contributed by atoms with van der Waals surface area (Å²) in [4.78, 5) is 12.8. The Hall–Kier alpha value is -2.34. The van der Waals surface area contributed by atoms with Crippen molar-refractivity contribution < 1.29 is 18.5 Å². The lowest BCUT2D eigenvalue weighted by molar-refractivity contribution is -0.121. The van der Waals surface area contributed by atoms with E-state index in [0.29, 0.717) is 31.1 Å². The van der Waals surface area contributed by atoms with Crippen LogP contribution in [-0.4, -0.2) is 28.1 Å². The summed E-state index contributed by atoms with van der Waals surface area (Å²) in [5, 5.41) is 2.99. The lowest BCUT2D eigenvalue weighted by Crippen LogP contribution is -2.32. The largest absolute Gasteiger partial charge is 0.494 e. The van der Waals surface area contributed by atoms with Crippen LogP contribution in [0, 0.1) is 5.92 Å². The van der Waals surface area contributed by atoms with Gasteiger partial charge in [0.25, 0.3) is 0 Å². The SMILES string of the molecule is CCOc1ccc2c(c1)CC(C(=O)Nc1cccc(CS(=O)C(C)(C)C)c1)CO2. The molecule has 2 aromatic rings. The molecule has 0 saturated heterocycles. The Balaban J connectivity index is 1.66. The van der Waals surface area contributed by atoms with Crippen molar-refractivity contribution in [2.75, 3.05) is 18.5 Å². The molecule has 0 aliphatic carbocycles. The number of benzene rings is 2. The third-order valence-corrected chi connectivity index (χ3v) is 6.76. The highest BCUT2D eigenvalue weighted by atomic mass is 32.2. The van der Waals surface area contributed by atoms with Crippen molar-refractivity contribution in [3.05, 3.63) is 53.6 Å². The van der Waals surface area contributed by atoms with E-state index in [0.717, 1.165) is 22.6 Å². The smallest absolute Gasteiger partial charge is 0.231 e. The van der Waals surface area contributed by atoms with Crippen LogP contribution in [0.25, 0.3) is 0 Å². The van der Waals surface area contributed by atoms with Gasteiger partial charge in [-0.05, 0) is 75.6 Å². The van der Waals surface area contributed by atoms with Crippen molar-refractivity contribution in [2.24, 2.45) is 5.92 Å². The molecular formula is C23H29NO4S. The van der Waals surface area contributed by atoms with Crippen LogP contribution in [0.1, 0.15) is 38.8 Å². The minimum absolute atomic E-state index is 0.0773. The highest BCUT2D eigenvalue weighted by Crippen LogP contribution is 2.31. The van der Waals surface area contributed by atoms with Gasteiger partial charge in [0.2, 0.25) is 5.91 Å². The molecule has 0 radical (unpaired) electrons. The Morgan fingerprint density at radius 3 is 2.76 bits per heavy atom. The first-order valence-corrected chi connectivity index (χ1v) is 11.2. The molecule has 0 aromatic heterocycles. The third-order valence-electron chi connectivity index (χ3n) is 4.80. The summed E-state index contributed by atoms with van der Waals surface area (Å²) in [5.74, 6) is 1.71. The predicted octanol–water partition coefficient (Wildman–Crippen LogP) is 4.32. The fourth-order valence-electron chi connectivity index (χ4n) is 3.15. The number of carbonyl (C=O) groups is 1. The Bertz CT molecular complexity index is 904. The number of amides is 1. The van der Waals surface area contributed by atoms with Crippen molar-refractivity contribution in [2.45, 2.75) is 44.6 Å². The highest BCUT2D eigenvalue weighted by molar-refractivity contribution is 7.85. The zero-order valence-corrected chi connectivity index (χ0v) is 18.3. The highest BCUT2D eigenvalue weighted by Gasteiger charge is 2.27. The molecule has 0 spiro atoms. The van der Waals surface area contributed by atoms with Crippen LogP contribution in [0.4, 0.5) is 5.69 Å².